The molecule has 1 heterocycles. The second kappa shape index (κ2) is 6.50. The lowest BCUT2D eigenvalue weighted by Gasteiger charge is -2.10. The number of pyridine rings is 1. The normalized spacial score (nSPS) is 10.6. The van der Waals surface area contributed by atoms with Crippen LogP contribution in [-0.2, 0) is 16.0 Å². The number of rotatable bonds is 5. The first kappa shape index (κ1) is 15.4. The van der Waals surface area contributed by atoms with Gasteiger partial charge >= 0.3 is 5.97 Å². The van der Waals surface area contributed by atoms with Gasteiger partial charge in [0.1, 0.15) is 10.8 Å². The van der Waals surface area contributed by atoms with Crippen molar-refractivity contribution in [3.63, 3.8) is 0 Å². The van der Waals surface area contributed by atoms with E-state index in [0.717, 1.165) is 6.20 Å². The van der Waals surface area contributed by atoms with Crippen LogP contribution in [-0.4, -0.2) is 22.5 Å². The average Bonchev–Trinajstić information content (AvgIpc) is 2.28. The predicted molar refractivity (Wildman–Crippen MR) is 63.9 cm³/mol. The lowest BCUT2D eigenvalue weighted by molar-refractivity contribution is -0.386. The average molecular weight is 339 g/mol. The Balaban J connectivity index is 3.33. The minimum atomic E-state index is -2.99. The Morgan fingerprint density at radius 1 is 1.63 bits per heavy atom. The van der Waals surface area contributed by atoms with Crippen molar-refractivity contribution in [3.05, 3.63) is 32.0 Å². The third-order valence-corrected chi connectivity index (χ3v) is 2.83. The van der Waals surface area contributed by atoms with E-state index in [2.05, 4.69) is 25.7 Å². The lowest BCUT2D eigenvalue weighted by Crippen LogP contribution is -2.12. The topological polar surface area (TPSA) is 82.3 Å². The van der Waals surface area contributed by atoms with Gasteiger partial charge in [-0.3, -0.25) is 14.9 Å². The molecule has 0 atom stereocenters. The molecule has 1 aromatic rings. The maximum absolute atomic E-state index is 12.9. The SMILES string of the molecule is CCOC(=O)Cc1c([N+](=O)[O-])cnc(Br)c1C(F)F. The highest BCUT2D eigenvalue weighted by Gasteiger charge is 2.28. The van der Waals surface area contributed by atoms with Gasteiger partial charge in [0.25, 0.3) is 12.1 Å². The molecule has 0 bridgehead atoms. The van der Waals surface area contributed by atoms with Crippen molar-refractivity contribution in [2.75, 3.05) is 6.61 Å². The van der Waals surface area contributed by atoms with Gasteiger partial charge in [-0.05, 0) is 22.9 Å². The van der Waals surface area contributed by atoms with Crippen LogP contribution < -0.4 is 0 Å². The van der Waals surface area contributed by atoms with E-state index >= 15 is 0 Å². The summed E-state index contributed by atoms with van der Waals surface area (Å²) >= 11 is 2.79. The van der Waals surface area contributed by atoms with Crippen LogP contribution in [0, 0.1) is 10.1 Å². The highest BCUT2D eigenvalue weighted by Crippen LogP contribution is 2.34. The molecule has 0 amide bonds. The summed E-state index contributed by atoms with van der Waals surface area (Å²) < 4.78 is 30.2. The second-order valence-electron chi connectivity index (χ2n) is 3.37. The van der Waals surface area contributed by atoms with E-state index in [9.17, 15) is 23.7 Å². The van der Waals surface area contributed by atoms with Gasteiger partial charge in [0.2, 0.25) is 0 Å². The number of nitro groups is 1. The summed E-state index contributed by atoms with van der Waals surface area (Å²) in [5.41, 5.74) is -1.69. The van der Waals surface area contributed by atoms with E-state index in [1.54, 1.807) is 6.92 Å². The molecule has 0 unspecified atom stereocenters. The lowest BCUT2D eigenvalue weighted by atomic mass is 10.1. The zero-order valence-electron chi connectivity index (χ0n) is 9.73. The number of esters is 1. The molecule has 0 aliphatic rings. The number of alkyl halides is 2. The van der Waals surface area contributed by atoms with E-state index in [1.807, 2.05) is 0 Å². The molecule has 19 heavy (non-hydrogen) atoms. The Morgan fingerprint density at radius 3 is 2.74 bits per heavy atom. The van der Waals surface area contributed by atoms with Gasteiger partial charge < -0.3 is 4.74 Å². The largest absolute Gasteiger partial charge is 0.466 e. The maximum Gasteiger partial charge on any atom is 0.310 e. The van der Waals surface area contributed by atoms with Gasteiger partial charge in [-0.1, -0.05) is 0 Å². The zero-order chi connectivity index (χ0) is 14.6. The number of ether oxygens (including phenoxy) is 1. The first-order chi connectivity index (χ1) is 8.88. The summed E-state index contributed by atoms with van der Waals surface area (Å²) in [5, 5.41) is 10.8. The van der Waals surface area contributed by atoms with E-state index in [1.165, 1.54) is 0 Å². The highest BCUT2D eigenvalue weighted by atomic mass is 79.9. The van der Waals surface area contributed by atoms with E-state index in [4.69, 9.17) is 0 Å². The monoisotopic (exact) mass is 338 g/mol. The standard InChI is InChI=1S/C10H9BrF2N2O4/c1-2-19-7(16)3-5-6(15(17)18)4-14-9(11)8(5)10(12)13/h4,10H,2-3H2,1H3. The Kier molecular flexibility index (Phi) is 5.28. The molecule has 0 spiro atoms. The van der Waals surface area contributed by atoms with Crippen LogP contribution in [0.5, 0.6) is 0 Å². The third kappa shape index (κ3) is 3.66. The van der Waals surface area contributed by atoms with Crippen molar-refractivity contribution in [2.45, 2.75) is 19.8 Å². The molecule has 0 radical (unpaired) electrons. The van der Waals surface area contributed by atoms with E-state index in [-0.39, 0.29) is 16.8 Å². The molecule has 0 aromatic carbocycles. The molecule has 0 aliphatic heterocycles. The van der Waals surface area contributed by atoms with Gasteiger partial charge in [-0.25, -0.2) is 13.8 Å². The fraction of sp³-hybridized carbons (Fsp3) is 0.400. The quantitative estimate of drug-likeness (QED) is 0.357. The zero-order valence-corrected chi connectivity index (χ0v) is 11.3. The summed E-state index contributed by atoms with van der Waals surface area (Å²) in [6.45, 7) is 1.60. The molecular weight excluding hydrogens is 330 g/mol. The van der Waals surface area contributed by atoms with E-state index in [0.29, 0.717) is 0 Å². The van der Waals surface area contributed by atoms with Crippen LogP contribution in [0.2, 0.25) is 0 Å². The molecule has 0 fully saturated rings. The van der Waals surface area contributed by atoms with Crippen molar-refractivity contribution >= 4 is 27.6 Å². The minimum Gasteiger partial charge on any atom is -0.466 e. The first-order valence-corrected chi connectivity index (χ1v) is 5.93. The summed E-state index contributed by atoms with van der Waals surface area (Å²) in [6.07, 6.45) is -2.78. The summed E-state index contributed by atoms with van der Waals surface area (Å²) in [7, 11) is 0. The van der Waals surface area contributed by atoms with Crippen LogP contribution in [0.4, 0.5) is 14.5 Å². The van der Waals surface area contributed by atoms with Gasteiger partial charge in [0, 0.05) is 0 Å². The number of hydrogen-bond acceptors (Lipinski definition) is 5. The summed E-state index contributed by atoms with van der Waals surface area (Å²) in [5.74, 6) is -0.814. The number of carbonyl (C=O) groups excluding carboxylic acids is 1. The molecule has 0 saturated carbocycles. The van der Waals surface area contributed by atoms with Crippen LogP contribution in [0.3, 0.4) is 0 Å². The minimum absolute atomic E-state index is 0.0584. The molecule has 1 rings (SSSR count). The molecule has 0 saturated heterocycles. The maximum atomic E-state index is 12.9. The fourth-order valence-electron chi connectivity index (χ4n) is 1.45. The van der Waals surface area contributed by atoms with Crippen molar-refractivity contribution < 1.29 is 23.2 Å². The number of hydrogen-bond donors (Lipinski definition) is 0. The van der Waals surface area contributed by atoms with Crippen molar-refractivity contribution in [1.82, 2.24) is 4.98 Å². The van der Waals surface area contributed by atoms with E-state index < -0.39 is 35.0 Å². The highest BCUT2D eigenvalue weighted by molar-refractivity contribution is 9.10. The molecule has 6 nitrogen and oxygen atoms in total. The Labute approximate surface area is 115 Å². The Bertz CT molecular complexity index is 511. The molecule has 104 valence electrons. The molecular formula is C10H9BrF2N2O4. The Hall–Kier alpha value is -1.64. The van der Waals surface area contributed by atoms with Crippen LogP contribution in [0.25, 0.3) is 0 Å². The molecule has 1 aromatic heterocycles. The summed E-state index contributed by atoms with van der Waals surface area (Å²) in [6, 6.07) is 0. The molecule has 0 N–H and O–H groups in total. The smallest absolute Gasteiger partial charge is 0.310 e. The first-order valence-electron chi connectivity index (χ1n) is 5.13. The van der Waals surface area contributed by atoms with Crippen LogP contribution in [0.1, 0.15) is 24.5 Å². The van der Waals surface area contributed by atoms with Gasteiger partial charge in [0.05, 0.1) is 29.1 Å². The number of halogens is 3. The second-order valence-corrected chi connectivity index (χ2v) is 4.12. The molecule has 0 aliphatic carbocycles. The van der Waals surface area contributed by atoms with Gasteiger partial charge in [-0.15, -0.1) is 0 Å². The predicted octanol–water partition coefficient (Wildman–Crippen LogP) is 2.80. The number of carbonyl (C=O) groups is 1. The van der Waals surface area contributed by atoms with Gasteiger partial charge in [0.15, 0.2) is 0 Å². The third-order valence-electron chi connectivity index (χ3n) is 2.20. The van der Waals surface area contributed by atoms with Gasteiger partial charge in [-0.2, -0.15) is 0 Å². The van der Waals surface area contributed by atoms with Crippen LogP contribution in [0.15, 0.2) is 10.8 Å². The molecule has 9 heteroatoms. The Morgan fingerprint density at radius 2 is 2.26 bits per heavy atom. The van der Waals surface area contributed by atoms with Crippen molar-refractivity contribution in [2.24, 2.45) is 0 Å². The fourth-order valence-corrected chi connectivity index (χ4v) is 1.96. The summed E-state index contributed by atoms with van der Waals surface area (Å²) in [4.78, 5) is 24.8. The number of aromatic nitrogens is 1. The van der Waals surface area contributed by atoms with Crippen LogP contribution >= 0.6 is 15.9 Å². The number of nitrogens with zero attached hydrogens (tertiary/aromatic N) is 2. The van der Waals surface area contributed by atoms with Crippen molar-refractivity contribution in [1.29, 1.82) is 0 Å². The van der Waals surface area contributed by atoms with Crippen molar-refractivity contribution in [3.8, 4) is 0 Å².